The Morgan fingerprint density at radius 3 is 2.82 bits per heavy atom. The van der Waals surface area contributed by atoms with E-state index < -0.39 is 0 Å². The minimum absolute atomic E-state index is 0.363. The molecule has 11 heavy (non-hydrogen) atoms. The zero-order valence-corrected chi connectivity index (χ0v) is 7.17. The minimum atomic E-state index is 0.363. The van der Waals surface area contributed by atoms with Gasteiger partial charge in [0, 0.05) is 24.3 Å². The van der Waals surface area contributed by atoms with Gasteiger partial charge in [0.1, 0.15) is 0 Å². The summed E-state index contributed by atoms with van der Waals surface area (Å²) >= 11 is 1.79. The summed E-state index contributed by atoms with van der Waals surface area (Å²) < 4.78 is 0. The molecule has 0 bridgehead atoms. The van der Waals surface area contributed by atoms with Gasteiger partial charge in [0.05, 0.1) is 5.03 Å². The van der Waals surface area contributed by atoms with E-state index >= 15 is 0 Å². The van der Waals surface area contributed by atoms with Crippen molar-refractivity contribution >= 4 is 17.5 Å². The minimum Gasteiger partial charge on any atom is -0.379 e. The Labute approximate surface area is 70.4 Å². The topological polar surface area (TPSA) is 29.1 Å². The van der Waals surface area contributed by atoms with Crippen LogP contribution in [0.2, 0.25) is 0 Å². The normalized spacial score (nSPS) is 31.1. The fourth-order valence-corrected chi connectivity index (χ4v) is 2.52. The van der Waals surface area contributed by atoms with Crippen LogP contribution in [0.15, 0.2) is 10.6 Å². The molecule has 3 heteroatoms. The van der Waals surface area contributed by atoms with E-state index in [2.05, 4.69) is 5.32 Å². The Morgan fingerprint density at radius 2 is 2.27 bits per heavy atom. The third-order valence-electron chi connectivity index (χ3n) is 2.08. The summed E-state index contributed by atoms with van der Waals surface area (Å²) in [6, 6.07) is 0. The summed E-state index contributed by atoms with van der Waals surface area (Å²) in [6.45, 7) is 1.02. The summed E-state index contributed by atoms with van der Waals surface area (Å²) in [4.78, 5) is 11.3. The predicted octanol–water partition coefficient (Wildman–Crippen LogP) is 1.29. The van der Waals surface area contributed by atoms with Gasteiger partial charge in [-0.15, -0.1) is 11.8 Å². The molecule has 0 aromatic heterocycles. The maximum Gasteiger partial charge on any atom is 0.161 e. The van der Waals surface area contributed by atoms with Crippen LogP contribution in [-0.2, 0) is 4.79 Å². The van der Waals surface area contributed by atoms with Gasteiger partial charge in [-0.2, -0.15) is 0 Å². The highest BCUT2D eigenvalue weighted by molar-refractivity contribution is 8.03. The highest BCUT2D eigenvalue weighted by atomic mass is 32.2. The average molecular weight is 169 g/mol. The predicted molar refractivity (Wildman–Crippen MR) is 46.3 cm³/mol. The standard InChI is InChI=1S/C8H11NOS/c10-7-3-1-2-6(7)8-9-4-5-11-8/h9H,1-5H2/b8-6-. The number of allylic oxidation sites excluding steroid dienone is 1. The maximum atomic E-state index is 11.3. The van der Waals surface area contributed by atoms with Crippen molar-refractivity contribution in [3.63, 3.8) is 0 Å². The Balaban J connectivity index is 2.23. The SMILES string of the molecule is O=C1CCC/C1=C1\NCCS1. The molecule has 0 unspecified atom stereocenters. The van der Waals surface area contributed by atoms with E-state index in [9.17, 15) is 4.79 Å². The van der Waals surface area contributed by atoms with Gasteiger partial charge < -0.3 is 5.32 Å². The van der Waals surface area contributed by atoms with E-state index in [1.807, 2.05) is 0 Å². The number of hydrogen-bond acceptors (Lipinski definition) is 3. The van der Waals surface area contributed by atoms with Crippen LogP contribution < -0.4 is 5.32 Å². The van der Waals surface area contributed by atoms with E-state index in [1.165, 1.54) is 0 Å². The Hall–Kier alpha value is -0.440. The quantitative estimate of drug-likeness (QED) is 0.554. The van der Waals surface area contributed by atoms with Gasteiger partial charge in [-0.1, -0.05) is 0 Å². The van der Waals surface area contributed by atoms with Gasteiger partial charge in [0.25, 0.3) is 0 Å². The van der Waals surface area contributed by atoms with Crippen molar-refractivity contribution in [2.24, 2.45) is 0 Å². The van der Waals surface area contributed by atoms with Crippen LogP contribution in [0.25, 0.3) is 0 Å². The van der Waals surface area contributed by atoms with Crippen LogP contribution >= 0.6 is 11.8 Å². The molecule has 60 valence electrons. The second-order valence-corrected chi connectivity index (χ2v) is 3.96. The average Bonchev–Trinajstić information content (AvgIpc) is 2.55. The monoisotopic (exact) mass is 169 g/mol. The van der Waals surface area contributed by atoms with Crippen molar-refractivity contribution in [1.82, 2.24) is 5.32 Å². The highest BCUT2D eigenvalue weighted by Gasteiger charge is 2.23. The first-order valence-electron chi connectivity index (χ1n) is 4.01. The molecule has 0 aromatic carbocycles. The smallest absolute Gasteiger partial charge is 0.161 e. The molecule has 2 fully saturated rings. The lowest BCUT2D eigenvalue weighted by Crippen LogP contribution is -2.08. The Kier molecular flexibility index (Phi) is 1.90. The summed E-state index contributed by atoms with van der Waals surface area (Å²) in [5.74, 6) is 1.48. The van der Waals surface area contributed by atoms with E-state index in [0.29, 0.717) is 5.78 Å². The number of hydrogen-bond donors (Lipinski definition) is 1. The third-order valence-corrected chi connectivity index (χ3v) is 3.16. The largest absolute Gasteiger partial charge is 0.379 e. The molecule has 2 nitrogen and oxygen atoms in total. The first kappa shape index (κ1) is 7.22. The number of thioether (sulfide) groups is 1. The molecule has 2 rings (SSSR count). The van der Waals surface area contributed by atoms with Gasteiger partial charge in [0.15, 0.2) is 5.78 Å². The second-order valence-electron chi connectivity index (χ2n) is 2.86. The van der Waals surface area contributed by atoms with Crippen LogP contribution in [0.1, 0.15) is 19.3 Å². The van der Waals surface area contributed by atoms with Crippen molar-refractivity contribution in [1.29, 1.82) is 0 Å². The molecular formula is C8H11NOS. The van der Waals surface area contributed by atoms with Gasteiger partial charge in [-0.3, -0.25) is 4.79 Å². The zero-order chi connectivity index (χ0) is 7.68. The number of carbonyl (C=O) groups is 1. The molecule has 1 N–H and O–H groups in total. The van der Waals surface area contributed by atoms with Crippen LogP contribution in [0.5, 0.6) is 0 Å². The van der Waals surface area contributed by atoms with E-state index in [1.54, 1.807) is 11.8 Å². The number of rotatable bonds is 0. The molecule has 0 amide bonds. The summed E-state index contributed by atoms with van der Waals surface area (Å²) in [5, 5.41) is 4.41. The van der Waals surface area contributed by atoms with Crippen molar-refractivity contribution < 1.29 is 4.79 Å². The van der Waals surface area contributed by atoms with Crippen molar-refractivity contribution in [2.75, 3.05) is 12.3 Å². The molecular weight excluding hydrogens is 158 g/mol. The Bertz CT molecular complexity index is 214. The molecule has 1 aliphatic heterocycles. The summed E-state index contributed by atoms with van der Waals surface area (Å²) in [5.41, 5.74) is 1.06. The molecule has 0 radical (unpaired) electrons. The zero-order valence-electron chi connectivity index (χ0n) is 6.35. The fourth-order valence-electron chi connectivity index (χ4n) is 1.52. The van der Waals surface area contributed by atoms with Crippen molar-refractivity contribution in [2.45, 2.75) is 19.3 Å². The van der Waals surface area contributed by atoms with Gasteiger partial charge in [-0.25, -0.2) is 0 Å². The van der Waals surface area contributed by atoms with Crippen LogP contribution in [0.4, 0.5) is 0 Å². The molecule has 1 saturated heterocycles. The van der Waals surface area contributed by atoms with Crippen molar-refractivity contribution in [3.8, 4) is 0 Å². The summed E-state index contributed by atoms with van der Waals surface area (Å²) in [6.07, 6.45) is 2.81. The number of Topliss-reactive ketones (excluding diaryl/α,β-unsaturated/α-hetero) is 1. The van der Waals surface area contributed by atoms with Gasteiger partial charge >= 0.3 is 0 Å². The molecule has 1 saturated carbocycles. The summed E-state index contributed by atoms with van der Waals surface area (Å²) in [7, 11) is 0. The van der Waals surface area contributed by atoms with E-state index in [-0.39, 0.29) is 0 Å². The molecule has 0 spiro atoms. The van der Waals surface area contributed by atoms with Crippen LogP contribution in [-0.4, -0.2) is 18.1 Å². The highest BCUT2D eigenvalue weighted by Crippen LogP contribution is 2.30. The van der Waals surface area contributed by atoms with Crippen LogP contribution in [0.3, 0.4) is 0 Å². The van der Waals surface area contributed by atoms with E-state index in [0.717, 1.165) is 42.2 Å². The first-order chi connectivity index (χ1) is 5.38. The molecule has 2 aliphatic rings. The van der Waals surface area contributed by atoms with Gasteiger partial charge in [-0.05, 0) is 12.8 Å². The third kappa shape index (κ3) is 1.29. The molecule has 1 heterocycles. The van der Waals surface area contributed by atoms with Crippen LogP contribution in [0, 0.1) is 0 Å². The Morgan fingerprint density at radius 1 is 1.36 bits per heavy atom. The number of carbonyl (C=O) groups excluding carboxylic acids is 1. The lowest BCUT2D eigenvalue weighted by molar-refractivity contribution is -0.114. The molecule has 1 aliphatic carbocycles. The van der Waals surface area contributed by atoms with E-state index in [4.69, 9.17) is 0 Å². The van der Waals surface area contributed by atoms with Gasteiger partial charge in [0.2, 0.25) is 0 Å². The molecule has 0 aromatic rings. The molecule has 0 atom stereocenters. The first-order valence-corrected chi connectivity index (χ1v) is 4.99. The maximum absolute atomic E-state index is 11.3. The number of ketones is 1. The fraction of sp³-hybridized carbons (Fsp3) is 0.625. The second kappa shape index (κ2) is 2.89. The lowest BCUT2D eigenvalue weighted by Gasteiger charge is -2.00. The lowest BCUT2D eigenvalue weighted by atomic mass is 10.2. The number of nitrogens with one attached hydrogen (secondary N) is 1. The van der Waals surface area contributed by atoms with Crippen molar-refractivity contribution in [3.05, 3.63) is 10.6 Å².